The molecule has 108 valence electrons. The molecule has 2 heterocycles. The van der Waals surface area contributed by atoms with Crippen molar-refractivity contribution in [2.75, 3.05) is 13.6 Å². The van der Waals surface area contributed by atoms with Crippen LogP contribution < -0.4 is 0 Å². The van der Waals surface area contributed by atoms with E-state index in [2.05, 4.69) is 17.1 Å². The summed E-state index contributed by atoms with van der Waals surface area (Å²) in [6, 6.07) is 11.8. The maximum absolute atomic E-state index is 12.3. The highest BCUT2D eigenvalue weighted by atomic mass is 16.5. The number of hydrogen-bond donors (Lipinski definition) is 0. The first-order valence-corrected chi connectivity index (χ1v) is 7.08. The number of pyridine rings is 1. The SMILES string of the molecule is CN(CC1Cc2ccccc2CO1)C(=O)c1ccncc1. The maximum atomic E-state index is 12.3. The summed E-state index contributed by atoms with van der Waals surface area (Å²) in [6.45, 7) is 1.22. The van der Waals surface area contributed by atoms with Crippen molar-refractivity contribution in [2.24, 2.45) is 0 Å². The van der Waals surface area contributed by atoms with E-state index < -0.39 is 0 Å². The van der Waals surface area contributed by atoms with E-state index in [9.17, 15) is 4.79 Å². The Morgan fingerprint density at radius 1 is 1.24 bits per heavy atom. The van der Waals surface area contributed by atoms with Crippen LogP contribution in [0.15, 0.2) is 48.8 Å². The average Bonchev–Trinajstić information content (AvgIpc) is 2.55. The second-order valence-electron chi connectivity index (χ2n) is 5.33. The largest absolute Gasteiger partial charge is 0.371 e. The Hall–Kier alpha value is -2.20. The van der Waals surface area contributed by atoms with Crippen molar-refractivity contribution in [3.05, 3.63) is 65.5 Å². The first-order valence-electron chi connectivity index (χ1n) is 7.08. The fraction of sp³-hybridized carbons (Fsp3) is 0.294. The Bertz CT molecular complexity index is 628. The number of fused-ring (bicyclic) bond motifs is 1. The van der Waals surface area contributed by atoms with Crippen LogP contribution in [-0.4, -0.2) is 35.5 Å². The van der Waals surface area contributed by atoms with Crippen LogP contribution in [-0.2, 0) is 17.8 Å². The zero-order valence-corrected chi connectivity index (χ0v) is 12.0. The first-order chi connectivity index (χ1) is 10.2. The van der Waals surface area contributed by atoms with E-state index >= 15 is 0 Å². The van der Waals surface area contributed by atoms with Gasteiger partial charge in [-0.25, -0.2) is 0 Å². The molecule has 1 aliphatic heterocycles. The lowest BCUT2D eigenvalue weighted by atomic mass is 9.99. The van der Waals surface area contributed by atoms with Gasteiger partial charge in [0.25, 0.3) is 5.91 Å². The summed E-state index contributed by atoms with van der Waals surface area (Å²) in [5, 5.41) is 0. The molecule has 3 rings (SSSR count). The van der Waals surface area contributed by atoms with Crippen molar-refractivity contribution in [3.63, 3.8) is 0 Å². The molecule has 0 spiro atoms. The normalized spacial score (nSPS) is 17.1. The number of aromatic nitrogens is 1. The van der Waals surface area contributed by atoms with Gasteiger partial charge < -0.3 is 9.64 Å². The van der Waals surface area contributed by atoms with Crippen molar-refractivity contribution in [3.8, 4) is 0 Å². The Kier molecular flexibility index (Phi) is 3.97. The second kappa shape index (κ2) is 6.06. The second-order valence-corrected chi connectivity index (χ2v) is 5.33. The molecule has 4 heteroatoms. The molecule has 0 fully saturated rings. The number of ether oxygens (including phenoxy) is 1. The van der Waals surface area contributed by atoms with Gasteiger partial charge >= 0.3 is 0 Å². The molecule has 0 bridgehead atoms. The van der Waals surface area contributed by atoms with Crippen LogP contribution in [0.5, 0.6) is 0 Å². The van der Waals surface area contributed by atoms with Crippen LogP contribution in [0.3, 0.4) is 0 Å². The van der Waals surface area contributed by atoms with Gasteiger partial charge in [0.1, 0.15) is 0 Å². The van der Waals surface area contributed by atoms with Gasteiger partial charge in [-0.1, -0.05) is 24.3 Å². The standard InChI is InChI=1S/C17H18N2O2/c1-19(17(20)13-6-8-18-9-7-13)11-16-10-14-4-2-3-5-15(14)12-21-16/h2-9,16H,10-12H2,1H3. The van der Waals surface area contributed by atoms with Crippen LogP contribution in [0.4, 0.5) is 0 Å². The van der Waals surface area contributed by atoms with Gasteiger partial charge in [0.2, 0.25) is 0 Å². The van der Waals surface area contributed by atoms with Crippen molar-refractivity contribution < 1.29 is 9.53 Å². The Balaban J connectivity index is 1.64. The van der Waals surface area contributed by atoms with Crippen LogP contribution >= 0.6 is 0 Å². The molecule has 1 amide bonds. The van der Waals surface area contributed by atoms with Crippen LogP contribution in [0.2, 0.25) is 0 Å². The number of benzene rings is 1. The molecule has 2 aromatic rings. The highest BCUT2D eigenvalue weighted by Gasteiger charge is 2.22. The van der Waals surface area contributed by atoms with Gasteiger partial charge in [0, 0.05) is 38.0 Å². The Labute approximate surface area is 124 Å². The molecule has 21 heavy (non-hydrogen) atoms. The molecule has 1 aromatic carbocycles. The summed E-state index contributed by atoms with van der Waals surface area (Å²) < 4.78 is 5.85. The summed E-state index contributed by atoms with van der Waals surface area (Å²) in [7, 11) is 1.81. The quantitative estimate of drug-likeness (QED) is 0.867. The molecule has 0 saturated heterocycles. The molecule has 4 nitrogen and oxygen atoms in total. The van der Waals surface area contributed by atoms with E-state index in [0.717, 1.165) is 6.42 Å². The highest BCUT2D eigenvalue weighted by Crippen LogP contribution is 2.21. The summed E-state index contributed by atoms with van der Waals surface area (Å²) >= 11 is 0. The number of amides is 1. The van der Waals surface area contributed by atoms with Gasteiger partial charge in [0.05, 0.1) is 12.7 Å². The summed E-state index contributed by atoms with van der Waals surface area (Å²) in [6.07, 6.45) is 4.17. The van der Waals surface area contributed by atoms with Crippen molar-refractivity contribution in [1.29, 1.82) is 0 Å². The van der Waals surface area contributed by atoms with Crippen LogP contribution in [0.25, 0.3) is 0 Å². The molecule has 1 aliphatic rings. The molecule has 0 N–H and O–H groups in total. The van der Waals surface area contributed by atoms with E-state index in [4.69, 9.17) is 4.74 Å². The summed E-state index contributed by atoms with van der Waals surface area (Å²) in [5.74, 6) is -0.000131. The van der Waals surface area contributed by atoms with E-state index in [1.54, 1.807) is 29.4 Å². The zero-order valence-electron chi connectivity index (χ0n) is 12.0. The molecular weight excluding hydrogens is 264 g/mol. The van der Waals surface area contributed by atoms with Gasteiger partial charge in [0.15, 0.2) is 0 Å². The predicted octanol–water partition coefficient (Wildman–Crippen LogP) is 2.30. The summed E-state index contributed by atoms with van der Waals surface area (Å²) in [5.41, 5.74) is 3.22. The first kappa shape index (κ1) is 13.8. The average molecular weight is 282 g/mol. The van der Waals surface area contributed by atoms with Gasteiger partial charge in [-0.05, 0) is 23.3 Å². The molecule has 1 unspecified atom stereocenters. The van der Waals surface area contributed by atoms with E-state index in [1.165, 1.54) is 11.1 Å². The van der Waals surface area contributed by atoms with E-state index in [0.29, 0.717) is 18.7 Å². The molecular formula is C17H18N2O2. The number of likely N-dealkylation sites (N-methyl/N-ethyl adjacent to an activating group) is 1. The number of carbonyl (C=O) groups is 1. The lowest BCUT2D eigenvalue weighted by Crippen LogP contribution is -2.38. The minimum absolute atomic E-state index is 0.000131. The summed E-state index contributed by atoms with van der Waals surface area (Å²) in [4.78, 5) is 18.0. The lowest BCUT2D eigenvalue weighted by molar-refractivity contribution is 0.00985. The Morgan fingerprint density at radius 2 is 1.95 bits per heavy atom. The number of carbonyl (C=O) groups excluding carboxylic acids is 1. The molecule has 0 radical (unpaired) electrons. The number of rotatable bonds is 3. The Morgan fingerprint density at radius 3 is 2.71 bits per heavy atom. The van der Waals surface area contributed by atoms with Crippen molar-refractivity contribution in [1.82, 2.24) is 9.88 Å². The smallest absolute Gasteiger partial charge is 0.253 e. The minimum atomic E-state index is -0.000131. The predicted molar refractivity (Wildman–Crippen MR) is 79.9 cm³/mol. The van der Waals surface area contributed by atoms with Gasteiger partial charge in [-0.2, -0.15) is 0 Å². The maximum Gasteiger partial charge on any atom is 0.253 e. The van der Waals surface area contributed by atoms with Gasteiger partial charge in [-0.15, -0.1) is 0 Å². The van der Waals surface area contributed by atoms with E-state index in [-0.39, 0.29) is 12.0 Å². The fourth-order valence-electron chi connectivity index (χ4n) is 2.63. The van der Waals surface area contributed by atoms with Crippen LogP contribution in [0, 0.1) is 0 Å². The number of hydrogen-bond acceptors (Lipinski definition) is 3. The van der Waals surface area contributed by atoms with E-state index in [1.807, 2.05) is 19.2 Å². The zero-order chi connectivity index (χ0) is 14.7. The van der Waals surface area contributed by atoms with Crippen molar-refractivity contribution >= 4 is 5.91 Å². The highest BCUT2D eigenvalue weighted by molar-refractivity contribution is 5.93. The third kappa shape index (κ3) is 3.11. The topological polar surface area (TPSA) is 42.4 Å². The minimum Gasteiger partial charge on any atom is -0.371 e. The van der Waals surface area contributed by atoms with Crippen LogP contribution in [0.1, 0.15) is 21.5 Å². The molecule has 0 aliphatic carbocycles. The number of nitrogens with zero attached hydrogens (tertiary/aromatic N) is 2. The fourth-order valence-corrected chi connectivity index (χ4v) is 2.63. The van der Waals surface area contributed by atoms with Crippen molar-refractivity contribution in [2.45, 2.75) is 19.1 Å². The van der Waals surface area contributed by atoms with Gasteiger partial charge in [-0.3, -0.25) is 9.78 Å². The third-order valence-electron chi connectivity index (χ3n) is 3.79. The third-order valence-corrected chi connectivity index (χ3v) is 3.79. The molecule has 1 aromatic heterocycles. The monoisotopic (exact) mass is 282 g/mol. The lowest BCUT2D eigenvalue weighted by Gasteiger charge is -2.29. The molecule has 0 saturated carbocycles. The molecule has 1 atom stereocenters.